The van der Waals surface area contributed by atoms with Crippen LogP contribution in [0.15, 0.2) is 6.20 Å². The Kier molecular flexibility index (Phi) is 4.45. The van der Waals surface area contributed by atoms with Gasteiger partial charge in [-0.2, -0.15) is 5.10 Å². The van der Waals surface area contributed by atoms with Crippen molar-refractivity contribution in [3.63, 3.8) is 0 Å². The van der Waals surface area contributed by atoms with Crippen molar-refractivity contribution in [2.24, 2.45) is 5.92 Å². The Hall–Kier alpha value is -1.52. The fourth-order valence-electron chi connectivity index (χ4n) is 2.52. The van der Waals surface area contributed by atoms with Crippen molar-refractivity contribution < 1.29 is 14.6 Å². The van der Waals surface area contributed by atoms with Gasteiger partial charge in [0.15, 0.2) is 11.4 Å². The van der Waals surface area contributed by atoms with Crippen LogP contribution in [-0.4, -0.2) is 27.0 Å². The van der Waals surface area contributed by atoms with Crippen molar-refractivity contribution in [1.82, 2.24) is 9.78 Å². The molecule has 0 atom stereocenters. The first-order chi connectivity index (χ1) is 9.08. The Morgan fingerprint density at radius 2 is 2.16 bits per heavy atom. The molecule has 106 valence electrons. The molecule has 1 aromatic rings. The zero-order valence-corrected chi connectivity index (χ0v) is 11.6. The molecule has 5 nitrogen and oxygen atoms in total. The smallest absolute Gasteiger partial charge is 0.358 e. The van der Waals surface area contributed by atoms with Crippen LogP contribution in [0.1, 0.15) is 56.4 Å². The number of hydrogen-bond acceptors (Lipinski definition) is 3. The van der Waals surface area contributed by atoms with Gasteiger partial charge in [-0.15, -0.1) is 0 Å². The Balaban J connectivity index is 2.14. The molecule has 1 saturated carbocycles. The molecule has 2 rings (SSSR count). The van der Waals surface area contributed by atoms with E-state index < -0.39 is 5.97 Å². The van der Waals surface area contributed by atoms with Crippen LogP contribution in [0.3, 0.4) is 0 Å². The van der Waals surface area contributed by atoms with E-state index in [1.807, 2.05) is 13.8 Å². The first-order valence-corrected chi connectivity index (χ1v) is 7.03. The minimum Gasteiger partial charge on any atom is -0.486 e. The van der Waals surface area contributed by atoms with Gasteiger partial charge in [0.05, 0.1) is 12.3 Å². The van der Waals surface area contributed by atoms with Crippen molar-refractivity contribution in [3.05, 3.63) is 11.9 Å². The molecule has 1 aliphatic rings. The minimum absolute atomic E-state index is 0.142. The van der Waals surface area contributed by atoms with Crippen molar-refractivity contribution in [2.45, 2.75) is 58.6 Å². The molecule has 0 saturated heterocycles. The molecule has 0 aliphatic heterocycles. The van der Waals surface area contributed by atoms with Gasteiger partial charge in [-0.3, -0.25) is 4.68 Å². The summed E-state index contributed by atoms with van der Waals surface area (Å²) in [5.41, 5.74) is 0.180. The van der Waals surface area contributed by atoms with E-state index in [2.05, 4.69) is 5.10 Å². The standard InChI is InChI=1S/C14H22N2O3/c1-10(2)9-16-13(14(17)18)12(8-15-16)19-11-6-4-3-5-7-11/h8,10-11H,3-7,9H2,1-2H3,(H,17,18). The number of carboxylic acids is 1. The topological polar surface area (TPSA) is 64.4 Å². The molecular weight excluding hydrogens is 244 g/mol. The van der Waals surface area contributed by atoms with Crippen molar-refractivity contribution in [3.8, 4) is 5.75 Å². The van der Waals surface area contributed by atoms with E-state index in [9.17, 15) is 9.90 Å². The second-order valence-corrected chi connectivity index (χ2v) is 5.62. The first kappa shape index (κ1) is 13.9. The number of nitrogens with zero attached hydrogens (tertiary/aromatic N) is 2. The van der Waals surface area contributed by atoms with Gasteiger partial charge in [-0.05, 0) is 31.6 Å². The zero-order valence-electron chi connectivity index (χ0n) is 11.6. The van der Waals surface area contributed by atoms with Crippen LogP contribution in [0.4, 0.5) is 0 Å². The maximum Gasteiger partial charge on any atom is 0.358 e. The van der Waals surface area contributed by atoms with E-state index in [0.29, 0.717) is 18.2 Å². The SMILES string of the molecule is CC(C)Cn1ncc(OC2CCCCC2)c1C(=O)O. The summed E-state index contributed by atoms with van der Waals surface area (Å²) in [6, 6.07) is 0. The van der Waals surface area contributed by atoms with Crippen molar-refractivity contribution >= 4 is 5.97 Å². The summed E-state index contributed by atoms with van der Waals surface area (Å²) < 4.78 is 7.38. The highest BCUT2D eigenvalue weighted by atomic mass is 16.5. The lowest BCUT2D eigenvalue weighted by atomic mass is 9.98. The molecule has 1 heterocycles. The lowest BCUT2D eigenvalue weighted by molar-refractivity contribution is 0.0671. The number of aromatic nitrogens is 2. The normalized spacial score (nSPS) is 16.8. The molecule has 1 N–H and O–H groups in total. The van der Waals surface area contributed by atoms with Crippen LogP contribution in [0.25, 0.3) is 0 Å². The predicted octanol–water partition coefficient (Wildman–Crippen LogP) is 2.95. The lowest BCUT2D eigenvalue weighted by Crippen LogP contribution is -2.21. The molecular formula is C14H22N2O3. The van der Waals surface area contributed by atoms with Gasteiger partial charge >= 0.3 is 5.97 Å². The molecule has 19 heavy (non-hydrogen) atoms. The van der Waals surface area contributed by atoms with E-state index in [0.717, 1.165) is 25.7 Å². The Bertz CT molecular complexity index is 434. The molecule has 0 bridgehead atoms. The van der Waals surface area contributed by atoms with Gasteiger partial charge in [0.1, 0.15) is 0 Å². The monoisotopic (exact) mass is 266 g/mol. The highest BCUT2D eigenvalue weighted by Gasteiger charge is 2.23. The Morgan fingerprint density at radius 3 is 2.74 bits per heavy atom. The summed E-state index contributed by atoms with van der Waals surface area (Å²) in [7, 11) is 0. The fraction of sp³-hybridized carbons (Fsp3) is 0.714. The van der Waals surface area contributed by atoms with Gasteiger partial charge in [0.25, 0.3) is 0 Å². The van der Waals surface area contributed by atoms with Gasteiger partial charge in [-0.1, -0.05) is 20.3 Å². The molecule has 0 aromatic carbocycles. The predicted molar refractivity (Wildman–Crippen MR) is 71.5 cm³/mol. The van der Waals surface area contributed by atoms with E-state index in [-0.39, 0.29) is 11.8 Å². The maximum absolute atomic E-state index is 11.4. The zero-order chi connectivity index (χ0) is 13.8. The number of carbonyl (C=O) groups is 1. The third-order valence-corrected chi connectivity index (χ3v) is 3.39. The largest absolute Gasteiger partial charge is 0.486 e. The summed E-state index contributed by atoms with van der Waals surface area (Å²) in [4.78, 5) is 11.4. The summed E-state index contributed by atoms with van der Waals surface area (Å²) in [5.74, 6) is -0.204. The maximum atomic E-state index is 11.4. The molecule has 5 heteroatoms. The fourth-order valence-corrected chi connectivity index (χ4v) is 2.52. The Labute approximate surface area is 113 Å². The van der Waals surface area contributed by atoms with Crippen molar-refractivity contribution in [2.75, 3.05) is 0 Å². The van der Waals surface area contributed by atoms with Gasteiger partial charge in [0.2, 0.25) is 0 Å². The summed E-state index contributed by atoms with van der Waals surface area (Å²) in [6.45, 7) is 4.67. The Morgan fingerprint density at radius 1 is 1.47 bits per heavy atom. The molecule has 0 spiro atoms. The summed E-state index contributed by atoms with van der Waals surface area (Å²) in [6.07, 6.45) is 7.27. The molecule has 0 radical (unpaired) electrons. The molecule has 1 aromatic heterocycles. The minimum atomic E-state index is -0.969. The highest BCUT2D eigenvalue weighted by molar-refractivity contribution is 5.88. The summed E-state index contributed by atoms with van der Waals surface area (Å²) >= 11 is 0. The van der Waals surface area contributed by atoms with Crippen LogP contribution in [0, 0.1) is 5.92 Å². The highest BCUT2D eigenvalue weighted by Crippen LogP contribution is 2.26. The molecule has 0 unspecified atom stereocenters. The average Bonchev–Trinajstić information content (AvgIpc) is 2.72. The van der Waals surface area contributed by atoms with E-state index in [1.54, 1.807) is 6.20 Å². The third kappa shape index (κ3) is 3.49. The third-order valence-electron chi connectivity index (χ3n) is 3.39. The number of carboxylic acid groups (broad SMARTS) is 1. The molecule has 1 aliphatic carbocycles. The quantitative estimate of drug-likeness (QED) is 0.890. The van der Waals surface area contributed by atoms with Gasteiger partial charge < -0.3 is 9.84 Å². The van der Waals surface area contributed by atoms with Crippen molar-refractivity contribution in [1.29, 1.82) is 0 Å². The first-order valence-electron chi connectivity index (χ1n) is 7.03. The van der Waals surface area contributed by atoms with E-state index in [4.69, 9.17) is 4.74 Å². The average molecular weight is 266 g/mol. The van der Waals surface area contributed by atoms with Crippen LogP contribution in [-0.2, 0) is 6.54 Å². The number of ether oxygens (including phenoxy) is 1. The second kappa shape index (κ2) is 6.08. The van der Waals surface area contributed by atoms with Crippen LogP contribution in [0.5, 0.6) is 5.75 Å². The van der Waals surface area contributed by atoms with Crippen LogP contribution in [0.2, 0.25) is 0 Å². The van der Waals surface area contributed by atoms with Gasteiger partial charge in [0, 0.05) is 6.54 Å². The molecule has 1 fully saturated rings. The number of hydrogen-bond donors (Lipinski definition) is 1. The summed E-state index contributed by atoms with van der Waals surface area (Å²) in [5, 5.41) is 13.5. The molecule has 0 amide bonds. The second-order valence-electron chi connectivity index (χ2n) is 5.62. The lowest BCUT2D eigenvalue weighted by Gasteiger charge is -2.22. The van der Waals surface area contributed by atoms with E-state index >= 15 is 0 Å². The van der Waals surface area contributed by atoms with E-state index in [1.165, 1.54) is 11.1 Å². The number of aromatic carboxylic acids is 1. The van der Waals surface area contributed by atoms with Gasteiger partial charge in [-0.25, -0.2) is 4.79 Å². The van der Waals surface area contributed by atoms with Crippen LogP contribution >= 0.6 is 0 Å². The number of rotatable bonds is 5. The van der Waals surface area contributed by atoms with Crippen LogP contribution < -0.4 is 4.74 Å².